The van der Waals surface area contributed by atoms with E-state index >= 15 is 0 Å². The van der Waals surface area contributed by atoms with Gasteiger partial charge >= 0.3 is 0 Å². The van der Waals surface area contributed by atoms with Crippen LogP contribution in [0, 0.1) is 33.6 Å². The van der Waals surface area contributed by atoms with Gasteiger partial charge in [-0.25, -0.2) is 9.97 Å². The first-order valence-corrected chi connectivity index (χ1v) is 25.3. The van der Waals surface area contributed by atoms with Crippen LogP contribution in [0.5, 0.6) is 5.88 Å². The lowest BCUT2D eigenvalue weighted by atomic mass is 9.99. The molecule has 362 valence electrons. The minimum atomic E-state index is -0.838. The highest BCUT2D eigenvalue weighted by molar-refractivity contribution is 7.15. The number of fused-ring (bicyclic) bond motifs is 3. The first-order chi connectivity index (χ1) is 33.6. The minimum absolute atomic E-state index is 0.0305. The summed E-state index contributed by atoms with van der Waals surface area (Å²) in [6, 6.07) is 16.9. The zero-order valence-corrected chi connectivity index (χ0v) is 42.3. The van der Waals surface area contributed by atoms with E-state index in [1.807, 2.05) is 99.3 Å². The van der Waals surface area contributed by atoms with Crippen LogP contribution in [-0.2, 0) is 20.9 Å². The molecule has 1 fully saturated rings. The quantitative estimate of drug-likeness (QED) is 0.0908. The number of nitrogens with one attached hydrogen (secondary N) is 2. The summed E-state index contributed by atoms with van der Waals surface area (Å²) >= 11 is 9.51. The van der Waals surface area contributed by atoms with Crippen LogP contribution in [0.25, 0.3) is 26.6 Å². The number of rotatable bonds is 15. The number of benzene rings is 2. The number of hydrogen-bond acceptors (Lipinski definition) is 13. The van der Waals surface area contributed by atoms with Gasteiger partial charge in [0.2, 0.25) is 23.6 Å². The maximum atomic E-state index is 14.3. The Hall–Kier alpha value is -6.60. The van der Waals surface area contributed by atoms with E-state index in [0.29, 0.717) is 22.6 Å². The molecule has 2 aliphatic rings. The lowest BCUT2D eigenvalue weighted by Gasteiger charge is -2.30. The van der Waals surface area contributed by atoms with Crippen LogP contribution < -0.4 is 15.4 Å². The monoisotopic (exact) mass is 999 g/mol. The fraction of sp³-hybridized carbons (Fsp3) is 0.353. The molecule has 0 unspecified atom stereocenters. The van der Waals surface area contributed by atoms with Crippen LogP contribution >= 0.6 is 34.3 Å². The third-order valence-corrected chi connectivity index (χ3v) is 15.2. The van der Waals surface area contributed by atoms with Gasteiger partial charge in [0.15, 0.2) is 5.82 Å². The minimum Gasteiger partial charge on any atom is -0.473 e. The lowest BCUT2D eigenvalue weighted by molar-refractivity contribution is -0.142. The molecule has 0 radical (unpaired) electrons. The van der Waals surface area contributed by atoms with E-state index in [1.54, 1.807) is 52.0 Å². The van der Waals surface area contributed by atoms with E-state index in [9.17, 15) is 19.5 Å². The first-order valence-electron chi connectivity index (χ1n) is 23.2. The van der Waals surface area contributed by atoms with Gasteiger partial charge in [0.25, 0.3) is 0 Å². The van der Waals surface area contributed by atoms with Gasteiger partial charge in [0.1, 0.15) is 35.1 Å². The number of amides is 3. The fourth-order valence-electron chi connectivity index (χ4n) is 9.02. The van der Waals surface area contributed by atoms with E-state index in [2.05, 4.69) is 49.7 Å². The third-order valence-electron chi connectivity index (χ3n) is 12.8. The molecule has 0 spiro atoms. The predicted octanol–water partition coefficient (Wildman–Crippen LogP) is 7.94. The molecule has 1 saturated heterocycles. The van der Waals surface area contributed by atoms with Crippen molar-refractivity contribution in [2.24, 2.45) is 10.9 Å². The van der Waals surface area contributed by atoms with Gasteiger partial charge < -0.3 is 25.4 Å². The van der Waals surface area contributed by atoms with Crippen LogP contribution in [0.3, 0.4) is 0 Å². The van der Waals surface area contributed by atoms with Gasteiger partial charge in [0, 0.05) is 64.6 Å². The van der Waals surface area contributed by atoms with Crippen molar-refractivity contribution in [3.63, 3.8) is 0 Å². The average Bonchev–Trinajstić information content (AvgIpc) is 4.19. The summed E-state index contributed by atoms with van der Waals surface area (Å²) in [5, 5.41) is 31.9. The predicted molar refractivity (Wildman–Crippen MR) is 271 cm³/mol. The van der Waals surface area contributed by atoms with Gasteiger partial charge in [0.05, 0.1) is 47.1 Å². The van der Waals surface area contributed by atoms with Crippen molar-refractivity contribution < 1.29 is 24.2 Å². The van der Waals surface area contributed by atoms with Gasteiger partial charge in [-0.1, -0.05) is 61.8 Å². The average molecular weight is 1000 g/mol. The Morgan fingerprint density at radius 3 is 2.41 bits per heavy atom. The molecule has 70 heavy (non-hydrogen) atoms. The number of carbonyl (C=O) groups is 3. The van der Waals surface area contributed by atoms with Crippen LogP contribution in [0.1, 0.15) is 90.2 Å². The summed E-state index contributed by atoms with van der Waals surface area (Å²) in [7, 11) is 0. The third kappa shape index (κ3) is 10.0. The topological polar surface area (TPSA) is 195 Å². The van der Waals surface area contributed by atoms with E-state index in [-0.39, 0.29) is 56.1 Å². The number of thiazole rings is 1. The molecule has 7 heterocycles. The van der Waals surface area contributed by atoms with Gasteiger partial charge in [-0.3, -0.25) is 28.6 Å². The number of likely N-dealkylation sites (tertiary alicyclic amines) is 1. The zero-order valence-electron chi connectivity index (χ0n) is 39.9. The molecule has 5 aromatic heterocycles. The summed E-state index contributed by atoms with van der Waals surface area (Å²) in [5.41, 5.74) is 10.0. The number of aliphatic hydroxyl groups excluding tert-OH is 1. The number of aromatic nitrogens is 7. The Labute approximate surface area is 418 Å². The number of halogens is 1. The normalized spacial score (nSPS) is 17.4. The number of ether oxygens (including phenoxy) is 1. The molecule has 0 saturated carbocycles. The smallest absolute Gasteiger partial charge is 0.248 e. The number of carbonyl (C=O) groups excluding carboxylic acids is 3. The molecule has 7 aromatic rings. The summed E-state index contributed by atoms with van der Waals surface area (Å²) in [5.74, 6) is 0.600. The van der Waals surface area contributed by atoms with Crippen molar-refractivity contribution in [1.82, 2.24) is 50.0 Å². The highest BCUT2D eigenvalue weighted by Crippen LogP contribution is 2.40. The molecule has 2 aromatic carbocycles. The standard InChI is InChI=1S/C51H54ClN11O5S2/c1-27(2)46(50(67)61-25-39(64)19-41(61)49(66)55-22-33-8-10-35(11-9-33)47-30(5)56-26-69-47)62-24-37(23-57-62)36-16-17-53-43(18-36)68-28(3)21-54-42(65)20-40-48-60-59-32(7)63(48)51-44(29(4)31(6)70-51)45(58-40)34-12-14-38(52)15-13-34/h8-18,23-24,26-28,39-41,46,64H,19-22,25H2,1-7H3,(H,54,65)(H,55,66)/t28-,39+,40-,41-,46-/m0/s1. The van der Waals surface area contributed by atoms with Gasteiger partial charge in [-0.15, -0.1) is 32.9 Å². The highest BCUT2D eigenvalue weighted by atomic mass is 35.5. The molecule has 0 bridgehead atoms. The SMILES string of the molecule is Cc1ncsc1-c1ccc(CNC(=O)[C@@H]2C[C@@H](O)CN2C(=O)[C@H](C(C)C)n2cc(-c3ccnc(O[C@@H](C)CNC(=O)C[C@@H]4N=C(c5ccc(Cl)cc5)c5c(sc(C)c5C)-n5c(C)nnc54)c3)cn2)cc1. The second kappa shape index (κ2) is 20.4. The van der Waals surface area contributed by atoms with Crippen LogP contribution in [0.15, 0.2) is 89.8 Å². The molecule has 5 atom stereocenters. The van der Waals surface area contributed by atoms with Crippen LogP contribution in [0.2, 0.25) is 5.02 Å². The number of pyridine rings is 1. The Morgan fingerprint density at radius 1 is 0.929 bits per heavy atom. The maximum absolute atomic E-state index is 14.3. The number of thiophene rings is 1. The van der Waals surface area contributed by atoms with Crippen LogP contribution in [0.4, 0.5) is 0 Å². The van der Waals surface area contributed by atoms with Crippen molar-refractivity contribution in [3.05, 3.63) is 134 Å². The number of nitrogens with zero attached hydrogens (tertiary/aromatic N) is 9. The molecule has 3 amide bonds. The molecule has 19 heteroatoms. The number of aryl methyl sites for hydroxylation is 3. The number of hydrogen-bond donors (Lipinski definition) is 3. The second-order valence-electron chi connectivity index (χ2n) is 18.2. The van der Waals surface area contributed by atoms with E-state index < -0.39 is 30.3 Å². The number of aliphatic imine (C=N–C) groups is 1. The van der Waals surface area contributed by atoms with E-state index in [0.717, 1.165) is 65.1 Å². The summed E-state index contributed by atoms with van der Waals surface area (Å²) < 4.78 is 9.85. The Kier molecular flexibility index (Phi) is 14.1. The van der Waals surface area contributed by atoms with Gasteiger partial charge in [-0.2, -0.15) is 5.10 Å². The molecule has 2 aliphatic heterocycles. The molecule has 16 nitrogen and oxygen atoms in total. The largest absolute Gasteiger partial charge is 0.473 e. The molecular weight excluding hydrogens is 946 g/mol. The Balaban J connectivity index is 0.831. The van der Waals surface area contributed by atoms with Gasteiger partial charge in [-0.05, 0) is 81.0 Å². The maximum Gasteiger partial charge on any atom is 0.248 e. The lowest BCUT2D eigenvalue weighted by Crippen LogP contribution is -2.49. The summed E-state index contributed by atoms with van der Waals surface area (Å²) in [4.78, 5) is 59.4. The Morgan fingerprint density at radius 2 is 1.69 bits per heavy atom. The fourth-order valence-corrected chi connectivity index (χ4v) is 11.2. The zero-order chi connectivity index (χ0) is 49.4. The van der Waals surface area contributed by atoms with Crippen molar-refractivity contribution in [2.45, 2.75) is 98.2 Å². The van der Waals surface area contributed by atoms with Crippen molar-refractivity contribution in [3.8, 4) is 32.4 Å². The Bertz CT molecular complexity index is 3090. The highest BCUT2D eigenvalue weighted by Gasteiger charge is 2.42. The van der Waals surface area contributed by atoms with E-state index in [4.69, 9.17) is 21.3 Å². The van der Waals surface area contributed by atoms with E-state index in [1.165, 1.54) is 4.90 Å². The van der Waals surface area contributed by atoms with Crippen molar-refractivity contribution >= 4 is 57.7 Å². The molecular formula is C51H54ClN11O5S2. The molecule has 9 rings (SSSR count). The number of β-amino-alcohol motifs (C(OH)–C–C–N with tert-alkyl or cyclic N) is 1. The van der Waals surface area contributed by atoms with Crippen molar-refractivity contribution in [1.29, 1.82) is 0 Å². The second-order valence-corrected chi connectivity index (χ2v) is 20.7. The first kappa shape index (κ1) is 48.4. The molecule has 0 aliphatic carbocycles. The summed E-state index contributed by atoms with van der Waals surface area (Å²) in [6.07, 6.45) is 3.97. The van der Waals surface area contributed by atoms with Crippen molar-refractivity contribution in [2.75, 3.05) is 13.1 Å². The number of aliphatic hydroxyl groups is 1. The van der Waals surface area contributed by atoms with Crippen LogP contribution in [-0.4, -0.2) is 99.3 Å². The molecule has 3 N–H and O–H groups in total. The summed E-state index contributed by atoms with van der Waals surface area (Å²) in [6.45, 7) is 14.3.